The number of fused-ring (bicyclic) bond motifs is 1. The van der Waals surface area contributed by atoms with E-state index in [9.17, 15) is 4.79 Å². The van der Waals surface area contributed by atoms with Crippen molar-refractivity contribution in [2.75, 3.05) is 0 Å². The third kappa shape index (κ3) is 4.47. The molecule has 0 saturated carbocycles. The van der Waals surface area contributed by atoms with Crippen LogP contribution >= 0.6 is 34.2 Å². The summed E-state index contributed by atoms with van der Waals surface area (Å²) in [6, 6.07) is 7.54. The molecule has 170 valence electrons. The van der Waals surface area contributed by atoms with E-state index in [2.05, 4.69) is 76.9 Å². The molecular formula is C23H32ClIN2O2SeSi. The van der Waals surface area contributed by atoms with Gasteiger partial charge in [-0.25, -0.2) is 0 Å². The number of benzene rings is 1. The topological polar surface area (TPSA) is 41.9 Å². The Balaban J connectivity index is 1.96. The average Bonchev–Trinajstić information content (AvgIpc) is 2.92. The van der Waals surface area contributed by atoms with E-state index in [1.165, 1.54) is 0 Å². The summed E-state index contributed by atoms with van der Waals surface area (Å²) >= 11 is 8.40. The zero-order chi connectivity index (χ0) is 23.4. The fourth-order valence-corrected chi connectivity index (χ4v) is 9.84. The first-order valence-electron chi connectivity index (χ1n) is 10.6. The third-order valence-corrected chi connectivity index (χ3v) is 16.9. The van der Waals surface area contributed by atoms with Gasteiger partial charge in [0.1, 0.15) is 0 Å². The van der Waals surface area contributed by atoms with E-state index in [0.717, 1.165) is 20.4 Å². The molecule has 8 heteroatoms. The summed E-state index contributed by atoms with van der Waals surface area (Å²) in [6.45, 7) is 19.8. The SMILES string of the molecule is C=C(I)C1(CC)[Se]C(=Nc2ccc(Cl)cc2)N2C(=O)[C@H]([C@@H](C)O[Si](C)(C)C(C)(C)C)[C@H]21. The third-order valence-electron chi connectivity index (χ3n) is 6.93. The molecule has 0 aromatic heterocycles. The quantitative estimate of drug-likeness (QED) is 0.196. The Bertz CT molecular complexity index is 915. The fourth-order valence-electron chi connectivity index (χ4n) is 4.06. The Morgan fingerprint density at radius 2 is 1.97 bits per heavy atom. The second-order valence-corrected chi connectivity index (χ2v) is 19.1. The maximum absolute atomic E-state index is 13.4. The molecule has 2 aliphatic heterocycles. The molecule has 2 heterocycles. The summed E-state index contributed by atoms with van der Waals surface area (Å²) in [5.41, 5.74) is 0.827. The Kier molecular flexibility index (Phi) is 7.28. The van der Waals surface area contributed by atoms with Crippen LogP contribution in [0.1, 0.15) is 41.0 Å². The minimum atomic E-state index is -1.99. The number of nitrogens with zero attached hydrogens (tertiary/aromatic N) is 2. The molecule has 1 aromatic carbocycles. The van der Waals surface area contributed by atoms with Crippen molar-refractivity contribution in [3.05, 3.63) is 39.4 Å². The van der Waals surface area contributed by atoms with E-state index >= 15 is 0 Å². The first-order chi connectivity index (χ1) is 14.2. The van der Waals surface area contributed by atoms with E-state index in [-0.39, 0.29) is 48.3 Å². The standard InChI is InChI=1S/C23H32ClIN2O2SeSi/c1-9-23(15(3)25)19-18(14(2)29-31(7,8)22(4,5)6)20(28)27(19)21(30-23)26-17-12-10-16(24)11-13-17/h10-14,18-19H,3,9H2,1-2,4-8H3/t14-,18-,19+,23?/m1/s1. The molecule has 0 aliphatic carbocycles. The predicted octanol–water partition coefficient (Wildman–Crippen LogP) is 6.80. The molecule has 1 aromatic rings. The molecule has 2 aliphatic rings. The van der Waals surface area contributed by atoms with E-state index in [1.807, 2.05) is 29.2 Å². The summed E-state index contributed by atoms with van der Waals surface area (Å²) in [6.07, 6.45) is 0.814. The van der Waals surface area contributed by atoms with Crippen molar-refractivity contribution < 1.29 is 9.22 Å². The number of carbonyl (C=O) groups is 1. The average molecular weight is 638 g/mol. The van der Waals surface area contributed by atoms with Gasteiger partial charge in [0.05, 0.1) is 0 Å². The van der Waals surface area contributed by atoms with Crippen LogP contribution < -0.4 is 0 Å². The predicted molar refractivity (Wildman–Crippen MR) is 142 cm³/mol. The number of carbonyl (C=O) groups excluding carboxylic acids is 1. The van der Waals surface area contributed by atoms with Crippen molar-refractivity contribution in [2.45, 2.75) is 75.6 Å². The van der Waals surface area contributed by atoms with Crippen LogP contribution in [0.2, 0.25) is 27.5 Å². The van der Waals surface area contributed by atoms with Gasteiger partial charge in [-0.1, -0.05) is 0 Å². The van der Waals surface area contributed by atoms with Crippen LogP contribution in [0.4, 0.5) is 5.69 Å². The van der Waals surface area contributed by atoms with Crippen LogP contribution in [0.25, 0.3) is 0 Å². The van der Waals surface area contributed by atoms with Crippen molar-refractivity contribution in [3.63, 3.8) is 0 Å². The molecular weight excluding hydrogens is 606 g/mol. The molecule has 31 heavy (non-hydrogen) atoms. The zero-order valence-corrected chi connectivity index (χ0v) is 25.0. The van der Waals surface area contributed by atoms with Gasteiger partial charge in [0.2, 0.25) is 0 Å². The number of amidine groups is 1. The molecule has 0 radical (unpaired) electrons. The molecule has 1 unspecified atom stereocenters. The number of hydrogen-bond acceptors (Lipinski definition) is 3. The normalized spacial score (nSPS) is 28.5. The van der Waals surface area contributed by atoms with E-state index < -0.39 is 8.32 Å². The number of hydrogen-bond donors (Lipinski definition) is 0. The van der Waals surface area contributed by atoms with E-state index in [1.54, 1.807) is 0 Å². The Morgan fingerprint density at radius 1 is 1.39 bits per heavy atom. The second-order valence-electron chi connectivity index (χ2n) is 9.88. The first kappa shape index (κ1) is 25.4. The Morgan fingerprint density at radius 3 is 2.45 bits per heavy atom. The number of β-lactam (4-membered cyclic amide) rings is 1. The Hall–Kier alpha value is -0.184. The van der Waals surface area contributed by atoms with Gasteiger partial charge in [0.15, 0.2) is 0 Å². The van der Waals surface area contributed by atoms with Gasteiger partial charge >= 0.3 is 214 Å². The molecule has 0 spiro atoms. The fraction of sp³-hybridized carbons (Fsp3) is 0.565. The molecule has 0 bridgehead atoms. The molecule has 1 amide bonds. The van der Waals surface area contributed by atoms with Gasteiger partial charge in [-0.3, -0.25) is 0 Å². The summed E-state index contributed by atoms with van der Waals surface area (Å²) in [5, 5.41) is 0.780. The van der Waals surface area contributed by atoms with Gasteiger partial charge in [0.25, 0.3) is 0 Å². The van der Waals surface area contributed by atoms with Crippen LogP contribution in [-0.4, -0.2) is 51.0 Å². The van der Waals surface area contributed by atoms with Gasteiger partial charge in [0, 0.05) is 0 Å². The second kappa shape index (κ2) is 8.88. The zero-order valence-electron chi connectivity index (χ0n) is 19.3. The van der Waals surface area contributed by atoms with Crippen molar-refractivity contribution in [3.8, 4) is 0 Å². The monoisotopic (exact) mass is 638 g/mol. The van der Waals surface area contributed by atoms with Gasteiger partial charge in [-0.2, -0.15) is 0 Å². The molecule has 3 rings (SSSR count). The van der Waals surface area contributed by atoms with Crippen LogP contribution in [0, 0.1) is 5.92 Å². The summed E-state index contributed by atoms with van der Waals surface area (Å²) in [5.74, 6) is -0.0147. The van der Waals surface area contributed by atoms with Crippen molar-refractivity contribution in [1.82, 2.24) is 4.90 Å². The minimum absolute atomic E-state index is 0.00539. The van der Waals surface area contributed by atoms with Crippen molar-refractivity contribution >= 4 is 73.8 Å². The summed E-state index contributed by atoms with van der Waals surface area (Å²) < 4.78 is 8.56. The van der Waals surface area contributed by atoms with Crippen molar-refractivity contribution in [2.24, 2.45) is 10.9 Å². The van der Waals surface area contributed by atoms with Gasteiger partial charge in [-0.05, 0) is 0 Å². The Labute approximate surface area is 212 Å². The molecule has 2 saturated heterocycles. The molecule has 4 nitrogen and oxygen atoms in total. The summed E-state index contributed by atoms with van der Waals surface area (Å²) in [7, 11) is -1.99. The molecule has 4 atom stereocenters. The first-order valence-corrected chi connectivity index (χ1v) is 16.7. The van der Waals surface area contributed by atoms with E-state index in [0.29, 0.717) is 5.02 Å². The van der Waals surface area contributed by atoms with Crippen LogP contribution in [-0.2, 0) is 9.22 Å². The van der Waals surface area contributed by atoms with E-state index in [4.69, 9.17) is 21.0 Å². The summed E-state index contributed by atoms with van der Waals surface area (Å²) in [4.78, 5) is 20.3. The number of aliphatic imine (C=N–C) groups is 1. The van der Waals surface area contributed by atoms with Crippen LogP contribution in [0.5, 0.6) is 0 Å². The van der Waals surface area contributed by atoms with Crippen molar-refractivity contribution in [1.29, 1.82) is 0 Å². The molecule has 0 N–H and O–H groups in total. The van der Waals surface area contributed by atoms with Crippen LogP contribution in [0.15, 0.2) is 39.4 Å². The van der Waals surface area contributed by atoms with Crippen LogP contribution in [0.3, 0.4) is 0 Å². The van der Waals surface area contributed by atoms with Gasteiger partial charge in [-0.15, -0.1) is 0 Å². The van der Waals surface area contributed by atoms with Gasteiger partial charge < -0.3 is 0 Å². The number of amides is 1. The maximum atomic E-state index is 13.4. The molecule has 2 fully saturated rings. The number of rotatable bonds is 6. The number of halogens is 2.